The Bertz CT molecular complexity index is 307. The van der Waals surface area contributed by atoms with Gasteiger partial charge in [0.05, 0.1) is 0 Å². The van der Waals surface area contributed by atoms with Crippen LogP contribution in [-0.4, -0.2) is 5.33 Å². The highest BCUT2D eigenvalue weighted by Crippen LogP contribution is 2.20. The van der Waals surface area contributed by atoms with E-state index in [1.807, 2.05) is 12.1 Å². The van der Waals surface area contributed by atoms with E-state index in [0.29, 0.717) is 0 Å². The van der Waals surface area contributed by atoms with Gasteiger partial charge in [0.1, 0.15) is 5.82 Å². The third-order valence-corrected chi connectivity index (χ3v) is 3.88. The molecule has 0 N–H and O–H groups in total. The number of hydrogen-bond donors (Lipinski definition) is 0. The minimum atomic E-state index is -0.140. The average Bonchev–Trinajstić information content (AvgIpc) is 2.37. The Morgan fingerprint density at radius 2 is 1.78 bits per heavy atom. The van der Waals surface area contributed by atoms with Gasteiger partial charge in [0.25, 0.3) is 0 Å². The maximum Gasteiger partial charge on any atom is 0.123 e. The van der Waals surface area contributed by atoms with E-state index in [2.05, 4.69) is 22.9 Å². The molecular formula is C16H24BrF. The Morgan fingerprint density at radius 3 is 2.39 bits per heavy atom. The van der Waals surface area contributed by atoms with Crippen molar-refractivity contribution in [2.45, 2.75) is 51.9 Å². The van der Waals surface area contributed by atoms with E-state index < -0.39 is 0 Å². The van der Waals surface area contributed by atoms with Crippen LogP contribution in [0.4, 0.5) is 4.39 Å². The van der Waals surface area contributed by atoms with Crippen molar-refractivity contribution in [3.63, 3.8) is 0 Å². The monoisotopic (exact) mass is 314 g/mol. The van der Waals surface area contributed by atoms with Crippen molar-refractivity contribution in [1.29, 1.82) is 0 Å². The van der Waals surface area contributed by atoms with E-state index in [1.54, 1.807) is 12.1 Å². The number of unbranched alkanes of at least 4 members (excludes halogenated alkanes) is 3. The lowest BCUT2D eigenvalue weighted by molar-refractivity contribution is 0.442. The first-order valence-electron chi connectivity index (χ1n) is 7.06. The van der Waals surface area contributed by atoms with Gasteiger partial charge in [0.2, 0.25) is 0 Å². The van der Waals surface area contributed by atoms with Crippen LogP contribution in [0.2, 0.25) is 0 Å². The van der Waals surface area contributed by atoms with Crippen molar-refractivity contribution in [2.24, 2.45) is 5.92 Å². The molecule has 1 atom stereocenters. The molecule has 0 aliphatic rings. The Hall–Kier alpha value is -0.370. The second-order valence-corrected chi connectivity index (χ2v) is 5.82. The molecule has 1 unspecified atom stereocenters. The molecule has 2 heteroatoms. The summed E-state index contributed by atoms with van der Waals surface area (Å²) in [4.78, 5) is 0. The lowest BCUT2D eigenvalue weighted by Gasteiger charge is -2.15. The number of rotatable bonds is 9. The third-order valence-electron chi connectivity index (χ3n) is 3.42. The van der Waals surface area contributed by atoms with Gasteiger partial charge in [-0.15, -0.1) is 0 Å². The molecule has 0 radical (unpaired) electrons. The van der Waals surface area contributed by atoms with Crippen LogP contribution >= 0.6 is 15.9 Å². The number of hydrogen-bond acceptors (Lipinski definition) is 0. The van der Waals surface area contributed by atoms with Crippen LogP contribution in [0.1, 0.15) is 51.0 Å². The quantitative estimate of drug-likeness (QED) is 0.403. The maximum atomic E-state index is 12.9. The molecule has 1 aromatic carbocycles. The second kappa shape index (κ2) is 9.55. The summed E-state index contributed by atoms with van der Waals surface area (Å²) in [6, 6.07) is 6.97. The molecule has 0 aliphatic carbocycles. The predicted octanol–water partition coefficient (Wildman–Crippen LogP) is 5.74. The van der Waals surface area contributed by atoms with E-state index >= 15 is 0 Å². The van der Waals surface area contributed by atoms with Crippen molar-refractivity contribution in [1.82, 2.24) is 0 Å². The number of halogens is 2. The van der Waals surface area contributed by atoms with E-state index in [0.717, 1.165) is 17.7 Å². The molecule has 0 saturated carbocycles. The fourth-order valence-corrected chi connectivity index (χ4v) is 2.96. The standard InChI is InChI=1S/C16H24BrF/c1-2-3-4-5-6-14(11-12-17)13-15-7-9-16(18)10-8-15/h7-10,14H,2-6,11-13H2,1H3. The second-order valence-electron chi connectivity index (χ2n) is 5.02. The first-order valence-corrected chi connectivity index (χ1v) is 8.18. The Kier molecular flexibility index (Phi) is 8.32. The van der Waals surface area contributed by atoms with Gasteiger partial charge in [-0.3, -0.25) is 0 Å². The van der Waals surface area contributed by atoms with E-state index in [1.165, 1.54) is 44.1 Å². The summed E-state index contributed by atoms with van der Waals surface area (Å²) in [6.45, 7) is 2.24. The summed E-state index contributed by atoms with van der Waals surface area (Å²) in [5, 5.41) is 1.06. The van der Waals surface area contributed by atoms with E-state index in [9.17, 15) is 4.39 Å². The predicted molar refractivity (Wildman–Crippen MR) is 80.8 cm³/mol. The minimum Gasteiger partial charge on any atom is -0.207 e. The zero-order valence-electron chi connectivity index (χ0n) is 11.3. The van der Waals surface area contributed by atoms with Gasteiger partial charge >= 0.3 is 0 Å². The summed E-state index contributed by atoms with van der Waals surface area (Å²) in [6.07, 6.45) is 8.90. The molecule has 1 rings (SSSR count). The highest BCUT2D eigenvalue weighted by atomic mass is 79.9. The van der Waals surface area contributed by atoms with E-state index in [4.69, 9.17) is 0 Å². The van der Waals surface area contributed by atoms with Crippen LogP contribution in [0.5, 0.6) is 0 Å². The fraction of sp³-hybridized carbons (Fsp3) is 0.625. The molecule has 0 heterocycles. The lowest BCUT2D eigenvalue weighted by atomic mass is 9.91. The van der Waals surface area contributed by atoms with Gasteiger partial charge in [0, 0.05) is 5.33 Å². The summed E-state index contributed by atoms with van der Waals surface area (Å²) >= 11 is 3.54. The van der Waals surface area contributed by atoms with Gasteiger partial charge in [-0.1, -0.05) is 67.1 Å². The van der Waals surface area contributed by atoms with Gasteiger partial charge in [-0.25, -0.2) is 4.39 Å². The minimum absolute atomic E-state index is 0.140. The topological polar surface area (TPSA) is 0 Å². The summed E-state index contributed by atoms with van der Waals surface area (Å²) in [5.74, 6) is 0.588. The summed E-state index contributed by atoms with van der Waals surface area (Å²) < 4.78 is 12.9. The highest BCUT2D eigenvalue weighted by Gasteiger charge is 2.09. The van der Waals surface area contributed by atoms with Crippen LogP contribution in [0.25, 0.3) is 0 Å². The normalized spacial score (nSPS) is 12.6. The van der Waals surface area contributed by atoms with Crippen molar-refractivity contribution in [2.75, 3.05) is 5.33 Å². The fourth-order valence-electron chi connectivity index (χ4n) is 2.32. The molecule has 1 aromatic rings. The zero-order chi connectivity index (χ0) is 13.2. The SMILES string of the molecule is CCCCCCC(CCBr)Cc1ccc(F)cc1. The van der Waals surface area contributed by atoms with Crippen molar-refractivity contribution >= 4 is 15.9 Å². The Labute approximate surface area is 119 Å². The molecule has 102 valence electrons. The average molecular weight is 315 g/mol. The number of alkyl halides is 1. The Balaban J connectivity index is 2.38. The molecular weight excluding hydrogens is 291 g/mol. The number of benzene rings is 1. The van der Waals surface area contributed by atoms with Crippen LogP contribution < -0.4 is 0 Å². The molecule has 0 bridgehead atoms. The molecule has 0 spiro atoms. The van der Waals surface area contributed by atoms with Gasteiger partial charge < -0.3 is 0 Å². The van der Waals surface area contributed by atoms with E-state index in [-0.39, 0.29) is 5.82 Å². The molecule has 0 amide bonds. The van der Waals surface area contributed by atoms with Crippen LogP contribution in [0.3, 0.4) is 0 Å². The first-order chi connectivity index (χ1) is 8.76. The first kappa shape index (κ1) is 15.7. The van der Waals surface area contributed by atoms with Crippen molar-refractivity contribution in [3.05, 3.63) is 35.6 Å². The summed E-state index contributed by atoms with van der Waals surface area (Å²) in [7, 11) is 0. The van der Waals surface area contributed by atoms with Crippen molar-refractivity contribution in [3.8, 4) is 0 Å². The van der Waals surface area contributed by atoms with Crippen LogP contribution in [-0.2, 0) is 6.42 Å². The smallest absolute Gasteiger partial charge is 0.123 e. The molecule has 18 heavy (non-hydrogen) atoms. The maximum absolute atomic E-state index is 12.9. The summed E-state index contributed by atoms with van der Waals surface area (Å²) in [5.41, 5.74) is 1.26. The molecule has 0 saturated heterocycles. The molecule has 0 nitrogen and oxygen atoms in total. The van der Waals surface area contributed by atoms with Crippen molar-refractivity contribution < 1.29 is 4.39 Å². The van der Waals surface area contributed by atoms with Crippen LogP contribution in [0.15, 0.2) is 24.3 Å². The zero-order valence-corrected chi connectivity index (χ0v) is 12.9. The largest absolute Gasteiger partial charge is 0.207 e. The molecule has 0 aromatic heterocycles. The molecule has 0 aliphatic heterocycles. The molecule has 0 fully saturated rings. The third kappa shape index (κ3) is 6.53. The lowest BCUT2D eigenvalue weighted by Crippen LogP contribution is -2.06. The van der Waals surface area contributed by atoms with Gasteiger partial charge in [-0.2, -0.15) is 0 Å². The highest BCUT2D eigenvalue weighted by molar-refractivity contribution is 9.09. The van der Waals surface area contributed by atoms with Gasteiger partial charge in [-0.05, 0) is 36.5 Å². The van der Waals surface area contributed by atoms with Gasteiger partial charge in [0.15, 0.2) is 0 Å². The Morgan fingerprint density at radius 1 is 1.06 bits per heavy atom. The van der Waals surface area contributed by atoms with Crippen LogP contribution in [0, 0.1) is 11.7 Å².